The van der Waals surface area contributed by atoms with Gasteiger partial charge in [0.2, 0.25) is 0 Å². The highest BCUT2D eigenvalue weighted by Gasteiger charge is 2.62. The topological polar surface area (TPSA) is 85.3 Å². The van der Waals surface area contributed by atoms with Crippen molar-refractivity contribution < 1.29 is 22.8 Å². The van der Waals surface area contributed by atoms with Crippen LogP contribution in [-0.2, 0) is 19.6 Å². The summed E-state index contributed by atoms with van der Waals surface area (Å²) in [5.74, 6) is 0. The number of rotatable bonds is 3. The molecule has 1 spiro atoms. The third-order valence-electron chi connectivity index (χ3n) is 5.40. The van der Waals surface area contributed by atoms with E-state index in [1.54, 1.807) is 12.1 Å². The molecule has 1 saturated heterocycles. The second-order valence-electron chi connectivity index (χ2n) is 7.70. The molecule has 0 bridgehead atoms. The number of cyclic esters (lactones) is 1. The van der Waals surface area contributed by atoms with Crippen molar-refractivity contribution in [3.63, 3.8) is 0 Å². The van der Waals surface area contributed by atoms with Crippen LogP contribution in [0.25, 0.3) is 0 Å². The highest BCUT2D eigenvalue weighted by molar-refractivity contribution is 7.89. The number of hydrogen-bond acceptors (Lipinski definition) is 6. The van der Waals surface area contributed by atoms with Crippen molar-refractivity contribution in [3.05, 3.63) is 76.4 Å². The van der Waals surface area contributed by atoms with Crippen LogP contribution in [0.2, 0.25) is 0 Å². The van der Waals surface area contributed by atoms with Crippen molar-refractivity contribution in [1.82, 2.24) is 4.31 Å². The van der Waals surface area contributed by atoms with Crippen LogP contribution < -0.4 is 0 Å². The number of benzene rings is 2. The van der Waals surface area contributed by atoms with Gasteiger partial charge in [0.05, 0.1) is 4.90 Å². The standard InChI is InChI=1S/C22H22N2O5S/c1-13-6-8-18(9-7-13)30(26,27)24-21(25)28-12-22(24)17(5)20(23-29-22)19-15(3)10-14(2)11-16(19)4/h6-11H,5,12H2,1-4H3/t22-/m0/s1. The highest BCUT2D eigenvalue weighted by atomic mass is 32.2. The molecule has 4 rings (SSSR count). The first kappa shape index (κ1) is 20.2. The van der Waals surface area contributed by atoms with Crippen LogP contribution in [0.5, 0.6) is 0 Å². The van der Waals surface area contributed by atoms with Gasteiger partial charge in [-0.3, -0.25) is 0 Å². The van der Waals surface area contributed by atoms with Crippen molar-refractivity contribution in [3.8, 4) is 0 Å². The molecule has 2 heterocycles. The van der Waals surface area contributed by atoms with Crippen LogP contribution in [0.3, 0.4) is 0 Å². The predicted octanol–water partition coefficient (Wildman–Crippen LogP) is 3.75. The summed E-state index contributed by atoms with van der Waals surface area (Å²) in [5.41, 5.74) is 3.61. The van der Waals surface area contributed by atoms with Gasteiger partial charge in [0.1, 0.15) is 5.71 Å². The van der Waals surface area contributed by atoms with E-state index in [1.807, 2.05) is 39.8 Å². The summed E-state index contributed by atoms with van der Waals surface area (Å²) in [6, 6.07) is 10.2. The molecular weight excluding hydrogens is 404 g/mol. The molecule has 0 aliphatic carbocycles. The molecule has 30 heavy (non-hydrogen) atoms. The van der Waals surface area contributed by atoms with Crippen LogP contribution >= 0.6 is 0 Å². The smallest absolute Gasteiger partial charge is 0.427 e. The second kappa shape index (κ2) is 6.70. The summed E-state index contributed by atoms with van der Waals surface area (Å²) >= 11 is 0. The Labute approximate surface area is 175 Å². The Morgan fingerprint density at radius 2 is 1.63 bits per heavy atom. The Kier molecular flexibility index (Phi) is 4.50. The van der Waals surface area contributed by atoms with Gasteiger partial charge >= 0.3 is 6.09 Å². The fourth-order valence-corrected chi connectivity index (χ4v) is 5.50. The Bertz CT molecular complexity index is 1190. The first-order chi connectivity index (χ1) is 14.1. The molecule has 0 unspecified atom stereocenters. The second-order valence-corrected chi connectivity index (χ2v) is 9.49. The first-order valence-corrected chi connectivity index (χ1v) is 10.8. The van der Waals surface area contributed by atoms with E-state index in [9.17, 15) is 13.2 Å². The number of nitrogens with zero attached hydrogens (tertiary/aromatic N) is 2. The molecule has 0 radical (unpaired) electrons. The van der Waals surface area contributed by atoms with Gasteiger partial charge in [0, 0.05) is 11.1 Å². The molecule has 1 atom stereocenters. The van der Waals surface area contributed by atoms with Crippen molar-refractivity contribution in [2.45, 2.75) is 38.3 Å². The van der Waals surface area contributed by atoms with Crippen LogP contribution in [0.4, 0.5) is 4.79 Å². The van der Waals surface area contributed by atoms with E-state index in [1.165, 1.54) is 12.1 Å². The van der Waals surface area contributed by atoms with E-state index in [2.05, 4.69) is 11.7 Å². The lowest BCUT2D eigenvalue weighted by molar-refractivity contribution is -0.0468. The largest absolute Gasteiger partial charge is 0.442 e. The lowest BCUT2D eigenvalue weighted by Gasteiger charge is -2.29. The average Bonchev–Trinajstić information content (AvgIpc) is 3.16. The Morgan fingerprint density at radius 1 is 1.03 bits per heavy atom. The molecule has 1 fully saturated rings. The third kappa shape index (κ3) is 2.82. The zero-order valence-corrected chi connectivity index (χ0v) is 18.0. The number of oxime groups is 1. The molecule has 2 aliphatic heterocycles. The summed E-state index contributed by atoms with van der Waals surface area (Å²) in [6.45, 7) is 11.4. The van der Waals surface area contributed by atoms with Crippen LogP contribution in [0, 0.1) is 27.7 Å². The number of sulfonamides is 1. The molecular formula is C22H22N2O5S. The Morgan fingerprint density at radius 3 is 2.23 bits per heavy atom. The zero-order chi connectivity index (χ0) is 21.8. The zero-order valence-electron chi connectivity index (χ0n) is 17.2. The van der Waals surface area contributed by atoms with Gasteiger partial charge in [-0.05, 0) is 51.0 Å². The summed E-state index contributed by atoms with van der Waals surface area (Å²) in [7, 11) is -4.26. The third-order valence-corrected chi connectivity index (χ3v) is 7.20. The number of carbonyl (C=O) groups excluding carboxylic acids is 1. The molecule has 7 nitrogen and oxygen atoms in total. The molecule has 0 N–H and O–H groups in total. The minimum absolute atomic E-state index is 0.0427. The minimum atomic E-state index is -4.26. The van der Waals surface area contributed by atoms with Crippen molar-refractivity contribution >= 4 is 21.8 Å². The predicted molar refractivity (Wildman–Crippen MR) is 112 cm³/mol. The summed E-state index contributed by atoms with van der Waals surface area (Å²) in [6.07, 6.45) is -1.02. The molecule has 8 heteroatoms. The number of amides is 1. The van der Waals surface area contributed by atoms with E-state index < -0.39 is 21.8 Å². The van der Waals surface area contributed by atoms with Gasteiger partial charge in [-0.1, -0.05) is 47.1 Å². The SMILES string of the molecule is C=C1C(c2c(C)cc(C)cc2C)=NO[C@@]12COC(=O)N2S(=O)(=O)c1ccc(C)cc1. The lowest BCUT2D eigenvalue weighted by atomic mass is 9.90. The van der Waals surface area contributed by atoms with Crippen LogP contribution in [0.1, 0.15) is 27.8 Å². The molecule has 2 aromatic carbocycles. The van der Waals surface area contributed by atoms with Gasteiger partial charge < -0.3 is 9.57 Å². The molecule has 1 amide bonds. The van der Waals surface area contributed by atoms with E-state index in [0.29, 0.717) is 10.0 Å². The van der Waals surface area contributed by atoms with Crippen molar-refractivity contribution in [1.29, 1.82) is 0 Å². The van der Waals surface area contributed by atoms with Crippen LogP contribution in [-0.4, -0.2) is 36.9 Å². The first-order valence-electron chi connectivity index (χ1n) is 9.41. The normalized spacial score (nSPS) is 21.1. The van der Waals surface area contributed by atoms with Gasteiger partial charge in [-0.25, -0.2) is 13.2 Å². The van der Waals surface area contributed by atoms with E-state index in [-0.39, 0.29) is 17.1 Å². The molecule has 0 saturated carbocycles. The molecule has 2 aromatic rings. The molecule has 156 valence electrons. The fourth-order valence-electron chi connectivity index (χ4n) is 3.97. The quantitative estimate of drug-likeness (QED) is 0.746. The van der Waals surface area contributed by atoms with Gasteiger partial charge in [-0.2, -0.15) is 0 Å². The van der Waals surface area contributed by atoms with E-state index >= 15 is 0 Å². The minimum Gasteiger partial charge on any atom is -0.442 e. The number of ether oxygens (including phenoxy) is 1. The number of carbonyl (C=O) groups is 1. The summed E-state index contributed by atoms with van der Waals surface area (Å²) in [4.78, 5) is 18.1. The molecule has 2 aliphatic rings. The van der Waals surface area contributed by atoms with Crippen molar-refractivity contribution in [2.75, 3.05) is 6.61 Å². The Balaban J connectivity index is 1.79. The lowest BCUT2D eigenvalue weighted by Crippen LogP contribution is -2.51. The monoisotopic (exact) mass is 426 g/mol. The molecule has 0 aromatic heterocycles. The van der Waals surface area contributed by atoms with Gasteiger partial charge in [-0.15, -0.1) is 4.31 Å². The number of aryl methyl sites for hydroxylation is 4. The summed E-state index contributed by atoms with van der Waals surface area (Å²) in [5, 5.41) is 4.16. The van der Waals surface area contributed by atoms with Gasteiger partial charge in [0.15, 0.2) is 6.61 Å². The van der Waals surface area contributed by atoms with E-state index in [4.69, 9.17) is 9.57 Å². The average molecular weight is 426 g/mol. The number of hydrogen-bond donors (Lipinski definition) is 0. The van der Waals surface area contributed by atoms with Crippen LogP contribution in [0.15, 0.2) is 58.6 Å². The fraction of sp³-hybridized carbons (Fsp3) is 0.273. The van der Waals surface area contributed by atoms with E-state index in [0.717, 1.165) is 27.8 Å². The summed E-state index contributed by atoms with van der Waals surface area (Å²) < 4.78 is 32.4. The van der Waals surface area contributed by atoms with Crippen molar-refractivity contribution in [2.24, 2.45) is 5.16 Å². The highest BCUT2D eigenvalue weighted by Crippen LogP contribution is 2.43. The maximum Gasteiger partial charge on any atom is 0.427 e. The maximum absolute atomic E-state index is 13.3. The van der Waals surface area contributed by atoms with Gasteiger partial charge in [0.25, 0.3) is 15.7 Å². The Hall–Kier alpha value is -3.13. The maximum atomic E-state index is 13.3.